The summed E-state index contributed by atoms with van der Waals surface area (Å²) < 4.78 is 11.9. The van der Waals surface area contributed by atoms with Crippen LogP contribution in [-0.4, -0.2) is 35.8 Å². The number of hydrogen-bond donors (Lipinski definition) is 1. The van der Waals surface area contributed by atoms with Crippen LogP contribution in [-0.2, 0) is 11.4 Å². The van der Waals surface area contributed by atoms with Gasteiger partial charge in [0, 0.05) is 36.5 Å². The van der Waals surface area contributed by atoms with Crippen molar-refractivity contribution in [2.45, 2.75) is 45.8 Å². The number of likely N-dealkylation sites (tertiary alicyclic amines) is 1. The highest BCUT2D eigenvalue weighted by Crippen LogP contribution is 2.28. The first-order valence-electron chi connectivity index (χ1n) is 11.3. The largest absolute Gasteiger partial charge is 0.489 e. The number of fused-ring (bicyclic) bond motifs is 1. The first-order valence-corrected chi connectivity index (χ1v) is 11.3. The van der Waals surface area contributed by atoms with Gasteiger partial charge in [-0.1, -0.05) is 50.2 Å². The SMILES string of the molecule is CC(C)CC(=O)N1CCC(NC(=O)c2oc3ccccc3c2COc2ccccc2)CC1. The fourth-order valence-corrected chi connectivity index (χ4v) is 4.10. The minimum absolute atomic E-state index is 0.0155. The Hall–Kier alpha value is -3.28. The number of amides is 2. The Morgan fingerprint density at radius 3 is 2.47 bits per heavy atom. The van der Waals surface area contributed by atoms with Crippen LogP contribution in [0.2, 0.25) is 0 Å². The highest BCUT2D eigenvalue weighted by Gasteiger charge is 2.27. The zero-order chi connectivity index (χ0) is 22.5. The first-order chi connectivity index (χ1) is 15.5. The van der Waals surface area contributed by atoms with Crippen LogP contribution >= 0.6 is 0 Å². The van der Waals surface area contributed by atoms with Gasteiger partial charge in [-0.25, -0.2) is 0 Å². The van der Waals surface area contributed by atoms with E-state index < -0.39 is 0 Å². The van der Waals surface area contributed by atoms with Crippen LogP contribution < -0.4 is 10.1 Å². The molecule has 6 heteroatoms. The number of nitrogens with zero attached hydrogens (tertiary/aromatic N) is 1. The number of piperidine rings is 1. The molecule has 0 spiro atoms. The quantitative estimate of drug-likeness (QED) is 0.581. The van der Waals surface area contributed by atoms with Crippen molar-refractivity contribution in [1.29, 1.82) is 0 Å². The third-order valence-electron chi connectivity index (χ3n) is 5.80. The summed E-state index contributed by atoms with van der Waals surface area (Å²) in [5, 5.41) is 3.99. The summed E-state index contributed by atoms with van der Waals surface area (Å²) in [4.78, 5) is 27.3. The summed E-state index contributed by atoms with van der Waals surface area (Å²) in [6.45, 7) is 5.68. The molecule has 0 radical (unpaired) electrons. The van der Waals surface area contributed by atoms with Crippen molar-refractivity contribution in [1.82, 2.24) is 10.2 Å². The van der Waals surface area contributed by atoms with E-state index in [1.54, 1.807) is 0 Å². The van der Waals surface area contributed by atoms with Crippen LogP contribution in [0.15, 0.2) is 59.0 Å². The van der Waals surface area contributed by atoms with Gasteiger partial charge in [0.25, 0.3) is 5.91 Å². The van der Waals surface area contributed by atoms with Gasteiger partial charge < -0.3 is 19.4 Å². The molecule has 32 heavy (non-hydrogen) atoms. The molecule has 3 aromatic rings. The summed E-state index contributed by atoms with van der Waals surface area (Å²) in [5.74, 6) is 1.34. The van der Waals surface area contributed by atoms with Gasteiger partial charge in [-0.15, -0.1) is 0 Å². The molecule has 0 atom stereocenters. The van der Waals surface area contributed by atoms with Crippen LogP contribution in [0.3, 0.4) is 0 Å². The first kappa shape index (κ1) is 21.9. The number of hydrogen-bond acceptors (Lipinski definition) is 4. The normalized spacial score (nSPS) is 14.7. The van der Waals surface area contributed by atoms with Crippen LogP contribution in [0, 0.1) is 5.92 Å². The number of carbonyl (C=O) groups excluding carboxylic acids is 2. The van der Waals surface area contributed by atoms with Crippen LogP contribution in [0.5, 0.6) is 5.75 Å². The lowest BCUT2D eigenvalue weighted by molar-refractivity contribution is -0.133. The molecule has 1 aliphatic rings. The van der Waals surface area contributed by atoms with Gasteiger partial charge in [0.2, 0.25) is 5.91 Å². The molecular formula is C26H30N2O4. The van der Waals surface area contributed by atoms with E-state index in [1.807, 2.05) is 59.5 Å². The Morgan fingerprint density at radius 1 is 1.06 bits per heavy atom. The van der Waals surface area contributed by atoms with Gasteiger partial charge in [-0.05, 0) is 37.0 Å². The van der Waals surface area contributed by atoms with E-state index in [-0.39, 0.29) is 24.5 Å². The molecule has 2 amide bonds. The van der Waals surface area contributed by atoms with Crippen molar-refractivity contribution in [3.8, 4) is 5.75 Å². The summed E-state index contributed by atoms with van der Waals surface area (Å²) in [7, 11) is 0. The maximum Gasteiger partial charge on any atom is 0.287 e. The molecule has 1 aliphatic heterocycles. The van der Waals surface area contributed by atoms with E-state index in [9.17, 15) is 9.59 Å². The van der Waals surface area contributed by atoms with Crippen molar-refractivity contribution in [3.63, 3.8) is 0 Å². The Labute approximate surface area is 188 Å². The van der Waals surface area contributed by atoms with Crippen LogP contribution in [0.1, 0.15) is 49.2 Å². The Morgan fingerprint density at radius 2 is 1.75 bits per heavy atom. The van der Waals surface area contributed by atoms with E-state index in [0.29, 0.717) is 36.8 Å². The molecule has 168 valence electrons. The molecule has 6 nitrogen and oxygen atoms in total. The lowest BCUT2D eigenvalue weighted by Crippen LogP contribution is -2.46. The molecular weight excluding hydrogens is 404 g/mol. The van der Waals surface area contributed by atoms with Crippen molar-refractivity contribution in [3.05, 3.63) is 65.9 Å². The zero-order valence-electron chi connectivity index (χ0n) is 18.7. The summed E-state index contributed by atoms with van der Waals surface area (Å²) in [6, 6.07) is 17.2. The predicted octanol–water partition coefficient (Wildman–Crippen LogP) is 4.78. The second kappa shape index (κ2) is 9.90. The Bertz CT molecular complexity index is 1070. The maximum absolute atomic E-state index is 13.1. The van der Waals surface area contributed by atoms with Gasteiger partial charge in [0.15, 0.2) is 5.76 Å². The van der Waals surface area contributed by atoms with Gasteiger partial charge in [-0.2, -0.15) is 0 Å². The number of furan rings is 1. The van der Waals surface area contributed by atoms with E-state index >= 15 is 0 Å². The number of carbonyl (C=O) groups is 2. The molecule has 0 saturated carbocycles. The lowest BCUT2D eigenvalue weighted by atomic mass is 10.0. The van der Waals surface area contributed by atoms with Crippen molar-refractivity contribution >= 4 is 22.8 Å². The molecule has 1 aromatic heterocycles. The van der Waals surface area contributed by atoms with E-state index in [1.165, 1.54) is 0 Å². The van der Waals surface area contributed by atoms with Gasteiger partial charge in [0.1, 0.15) is 17.9 Å². The fourth-order valence-electron chi connectivity index (χ4n) is 4.10. The molecule has 1 N–H and O–H groups in total. The standard InChI is InChI=1S/C26H30N2O4/c1-18(2)16-24(29)28-14-12-19(13-15-28)27-26(30)25-22(17-31-20-8-4-3-5-9-20)21-10-6-7-11-23(21)32-25/h3-11,18-19H,12-17H2,1-2H3,(H,27,30). The van der Waals surface area contributed by atoms with Crippen molar-refractivity contribution in [2.75, 3.05) is 13.1 Å². The molecule has 0 bridgehead atoms. The van der Waals surface area contributed by atoms with E-state index in [2.05, 4.69) is 19.2 Å². The highest BCUT2D eigenvalue weighted by molar-refractivity contribution is 5.99. The fraction of sp³-hybridized carbons (Fsp3) is 0.385. The summed E-state index contributed by atoms with van der Waals surface area (Å²) in [5.41, 5.74) is 1.41. The molecule has 0 aliphatic carbocycles. The smallest absolute Gasteiger partial charge is 0.287 e. The molecule has 2 aromatic carbocycles. The molecule has 1 fully saturated rings. The Balaban J connectivity index is 1.44. The average Bonchev–Trinajstić information content (AvgIpc) is 3.17. The third kappa shape index (κ3) is 5.13. The van der Waals surface area contributed by atoms with Gasteiger partial charge >= 0.3 is 0 Å². The minimum atomic E-state index is -0.236. The molecule has 1 saturated heterocycles. The molecule has 2 heterocycles. The third-order valence-corrected chi connectivity index (χ3v) is 5.80. The number of benzene rings is 2. The summed E-state index contributed by atoms with van der Waals surface area (Å²) >= 11 is 0. The zero-order valence-corrected chi connectivity index (χ0v) is 18.7. The molecule has 4 rings (SSSR count). The minimum Gasteiger partial charge on any atom is -0.489 e. The second-order valence-corrected chi connectivity index (χ2v) is 8.73. The van der Waals surface area contributed by atoms with Crippen molar-refractivity contribution < 1.29 is 18.7 Å². The second-order valence-electron chi connectivity index (χ2n) is 8.73. The van der Waals surface area contributed by atoms with Crippen molar-refractivity contribution in [2.24, 2.45) is 5.92 Å². The monoisotopic (exact) mass is 434 g/mol. The number of nitrogens with one attached hydrogen (secondary N) is 1. The van der Waals surface area contributed by atoms with E-state index in [4.69, 9.17) is 9.15 Å². The Kier molecular flexibility index (Phi) is 6.78. The number of rotatable bonds is 7. The number of ether oxygens (including phenoxy) is 1. The maximum atomic E-state index is 13.1. The lowest BCUT2D eigenvalue weighted by Gasteiger charge is -2.32. The van der Waals surface area contributed by atoms with Gasteiger partial charge in [-0.3, -0.25) is 9.59 Å². The highest BCUT2D eigenvalue weighted by atomic mass is 16.5. The van der Waals surface area contributed by atoms with E-state index in [0.717, 1.165) is 29.5 Å². The summed E-state index contributed by atoms with van der Waals surface area (Å²) in [6.07, 6.45) is 2.05. The van der Waals surface area contributed by atoms with Gasteiger partial charge in [0.05, 0.1) is 0 Å². The van der Waals surface area contributed by atoms with Crippen LogP contribution in [0.4, 0.5) is 0 Å². The topological polar surface area (TPSA) is 71.8 Å². The number of para-hydroxylation sites is 2. The average molecular weight is 435 g/mol. The predicted molar refractivity (Wildman–Crippen MR) is 124 cm³/mol. The molecule has 0 unspecified atom stereocenters. The van der Waals surface area contributed by atoms with Crippen LogP contribution in [0.25, 0.3) is 11.0 Å².